The summed E-state index contributed by atoms with van der Waals surface area (Å²) >= 11 is 3.41. The normalized spacial score (nSPS) is 15.7. The third-order valence-corrected chi connectivity index (χ3v) is 5.64. The molecule has 5 nitrogen and oxygen atoms in total. The number of rotatable bonds is 4. The van der Waals surface area contributed by atoms with Crippen molar-refractivity contribution in [1.29, 1.82) is 0 Å². The number of nitrogens with zero attached hydrogens (tertiary/aromatic N) is 2. The van der Waals surface area contributed by atoms with Crippen LogP contribution in [0.4, 0.5) is 9.93 Å². The highest BCUT2D eigenvalue weighted by Crippen LogP contribution is 2.31. The lowest BCUT2D eigenvalue weighted by atomic mass is 10.1. The average Bonchev–Trinajstić information content (AvgIpc) is 3.17. The van der Waals surface area contributed by atoms with Crippen LogP contribution in [-0.4, -0.2) is 41.7 Å². The zero-order valence-electron chi connectivity index (χ0n) is 13.4. The van der Waals surface area contributed by atoms with Crippen molar-refractivity contribution in [2.24, 2.45) is 0 Å². The van der Waals surface area contributed by atoms with E-state index in [0.717, 1.165) is 36.8 Å². The number of hydrogen-bond donors (Lipinski definition) is 1. The number of aryl methyl sites for hydroxylation is 1. The number of piperidine rings is 1. The van der Waals surface area contributed by atoms with Crippen LogP contribution in [0.2, 0.25) is 0 Å². The molecule has 0 atom stereocenters. The molecule has 3 heterocycles. The van der Waals surface area contributed by atoms with Gasteiger partial charge in [-0.25, -0.2) is 9.78 Å². The summed E-state index contributed by atoms with van der Waals surface area (Å²) in [4.78, 5) is 20.7. The van der Waals surface area contributed by atoms with E-state index in [1.807, 2.05) is 6.92 Å². The van der Waals surface area contributed by atoms with E-state index >= 15 is 0 Å². The fourth-order valence-corrected chi connectivity index (χ4v) is 4.31. The van der Waals surface area contributed by atoms with Crippen molar-refractivity contribution < 1.29 is 9.53 Å². The summed E-state index contributed by atoms with van der Waals surface area (Å²) in [5.74, 6) is 0. The van der Waals surface area contributed by atoms with Crippen molar-refractivity contribution in [3.8, 4) is 10.6 Å². The lowest BCUT2D eigenvalue weighted by Gasteiger charge is -2.31. The predicted molar refractivity (Wildman–Crippen MR) is 95.4 cm³/mol. The molecule has 23 heavy (non-hydrogen) atoms. The molecule has 2 aromatic heterocycles. The first-order chi connectivity index (χ1) is 11.2. The maximum Gasteiger partial charge on any atom is 0.409 e. The number of likely N-dealkylation sites (tertiary alicyclic amines) is 1. The first-order valence-corrected chi connectivity index (χ1v) is 9.56. The van der Waals surface area contributed by atoms with Crippen molar-refractivity contribution in [1.82, 2.24) is 9.88 Å². The SMILES string of the molecule is CCOC(=O)N1CCC(Nc2nc(-c3ccc(C)s3)cs2)CC1. The lowest BCUT2D eigenvalue weighted by molar-refractivity contribution is 0.0983. The van der Waals surface area contributed by atoms with Gasteiger partial charge in [0.25, 0.3) is 0 Å². The van der Waals surface area contributed by atoms with E-state index < -0.39 is 0 Å². The molecule has 1 N–H and O–H groups in total. The van der Waals surface area contributed by atoms with Crippen LogP contribution in [0.25, 0.3) is 10.6 Å². The van der Waals surface area contributed by atoms with Crippen LogP contribution < -0.4 is 5.32 Å². The van der Waals surface area contributed by atoms with Crippen LogP contribution in [0.5, 0.6) is 0 Å². The number of thiophene rings is 1. The molecule has 0 spiro atoms. The van der Waals surface area contributed by atoms with Gasteiger partial charge in [-0.2, -0.15) is 0 Å². The average molecular weight is 351 g/mol. The molecule has 0 aliphatic carbocycles. The van der Waals surface area contributed by atoms with E-state index in [0.29, 0.717) is 12.6 Å². The highest BCUT2D eigenvalue weighted by Gasteiger charge is 2.24. The number of hydrogen-bond acceptors (Lipinski definition) is 6. The third kappa shape index (κ3) is 4.03. The number of anilines is 1. The minimum Gasteiger partial charge on any atom is -0.450 e. The first kappa shape index (κ1) is 16.3. The Kier molecular flexibility index (Phi) is 5.17. The molecular weight excluding hydrogens is 330 g/mol. The molecule has 2 aromatic rings. The Bertz CT molecular complexity index is 660. The van der Waals surface area contributed by atoms with Gasteiger partial charge in [-0.15, -0.1) is 22.7 Å². The Hall–Kier alpha value is -1.60. The van der Waals surface area contributed by atoms with E-state index in [1.165, 1.54) is 9.75 Å². The minimum absolute atomic E-state index is 0.199. The summed E-state index contributed by atoms with van der Waals surface area (Å²) in [7, 11) is 0. The van der Waals surface area contributed by atoms with Gasteiger partial charge < -0.3 is 15.0 Å². The quantitative estimate of drug-likeness (QED) is 0.896. The van der Waals surface area contributed by atoms with Gasteiger partial charge in [0.1, 0.15) is 0 Å². The van der Waals surface area contributed by atoms with Gasteiger partial charge in [-0.05, 0) is 38.8 Å². The van der Waals surface area contributed by atoms with E-state index in [2.05, 4.69) is 34.7 Å². The molecule has 124 valence electrons. The maximum absolute atomic E-state index is 11.7. The summed E-state index contributed by atoms with van der Waals surface area (Å²) in [6, 6.07) is 4.61. The Morgan fingerprint density at radius 3 is 2.87 bits per heavy atom. The van der Waals surface area contributed by atoms with Gasteiger partial charge in [0.15, 0.2) is 5.13 Å². The van der Waals surface area contributed by atoms with Crippen molar-refractivity contribution in [3.05, 3.63) is 22.4 Å². The van der Waals surface area contributed by atoms with Crippen molar-refractivity contribution in [3.63, 3.8) is 0 Å². The summed E-state index contributed by atoms with van der Waals surface area (Å²) in [5.41, 5.74) is 1.04. The van der Waals surface area contributed by atoms with Gasteiger partial charge >= 0.3 is 6.09 Å². The molecule has 1 saturated heterocycles. The van der Waals surface area contributed by atoms with Gasteiger partial charge in [-0.3, -0.25) is 0 Å². The number of amides is 1. The van der Waals surface area contributed by atoms with Crippen LogP contribution in [0.15, 0.2) is 17.5 Å². The van der Waals surface area contributed by atoms with E-state index in [4.69, 9.17) is 4.74 Å². The zero-order valence-corrected chi connectivity index (χ0v) is 15.0. The van der Waals surface area contributed by atoms with E-state index in [-0.39, 0.29) is 6.09 Å². The van der Waals surface area contributed by atoms with Crippen LogP contribution in [0.1, 0.15) is 24.6 Å². The second-order valence-corrected chi connectivity index (χ2v) is 7.70. The van der Waals surface area contributed by atoms with Gasteiger partial charge in [0.05, 0.1) is 17.2 Å². The molecule has 1 amide bonds. The molecule has 3 rings (SSSR count). The molecule has 0 radical (unpaired) electrons. The van der Waals surface area contributed by atoms with Crippen molar-refractivity contribution in [2.45, 2.75) is 32.7 Å². The standard InChI is InChI=1S/C16H21N3O2S2/c1-3-21-16(20)19-8-6-12(7-9-19)17-15-18-13(10-22-15)14-5-4-11(2)23-14/h4-5,10,12H,3,6-9H2,1-2H3,(H,17,18). The smallest absolute Gasteiger partial charge is 0.409 e. The number of nitrogens with one attached hydrogen (secondary N) is 1. The first-order valence-electron chi connectivity index (χ1n) is 7.86. The Labute approximate surface area is 144 Å². The number of thiazole rings is 1. The minimum atomic E-state index is -0.199. The van der Waals surface area contributed by atoms with Crippen LogP contribution >= 0.6 is 22.7 Å². The number of carbonyl (C=O) groups is 1. The molecule has 7 heteroatoms. The molecule has 1 aliphatic heterocycles. The van der Waals surface area contributed by atoms with Crippen molar-refractivity contribution in [2.75, 3.05) is 25.0 Å². The van der Waals surface area contributed by atoms with Gasteiger partial charge in [0.2, 0.25) is 0 Å². The monoisotopic (exact) mass is 351 g/mol. The Morgan fingerprint density at radius 2 is 2.22 bits per heavy atom. The predicted octanol–water partition coefficient (Wildman–Crippen LogP) is 4.21. The lowest BCUT2D eigenvalue weighted by Crippen LogP contribution is -2.42. The fourth-order valence-electron chi connectivity index (χ4n) is 2.62. The van der Waals surface area contributed by atoms with E-state index in [9.17, 15) is 4.79 Å². The summed E-state index contributed by atoms with van der Waals surface area (Å²) in [5, 5.41) is 6.56. The maximum atomic E-state index is 11.7. The molecule has 1 fully saturated rings. The molecule has 0 aromatic carbocycles. The largest absolute Gasteiger partial charge is 0.450 e. The Balaban J connectivity index is 1.53. The second kappa shape index (κ2) is 7.31. The number of carbonyl (C=O) groups excluding carboxylic acids is 1. The molecular formula is C16H21N3O2S2. The molecule has 0 unspecified atom stereocenters. The third-order valence-electron chi connectivity index (χ3n) is 3.85. The fraction of sp³-hybridized carbons (Fsp3) is 0.500. The molecule has 0 bridgehead atoms. The molecule has 0 saturated carbocycles. The van der Waals surface area contributed by atoms with Gasteiger partial charge in [-0.1, -0.05) is 0 Å². The zero-order chi connectivity index (χ0) is 16.2. The Morgan fingerprint density at radius 1 is 1.43 bits per heavy atom. The highest BCUT2D eigenvalue weighted by atomic mass is 32.1. The van der Waals surface area contributed by atoms with Crippen LogP contribution in [-0.2, 0) is 4.74 Å². The summed E-state index contributed by atoms with van der Waals surface area (Å²) < 4.78 is 5.05. The number of ether oxygens (including phenoxy) is 1. The summed E-state index contributed by atoms with van der Waals surface area (Å²) in [6.07, 6.45) is 1.65. The second-order valence-electron chi connectivity index (χ2n) is 5.55. The van der Waals surface area contributed by atoms with Crippen molar-refractivity contribution >= 4 is 33.9 Å². The number of aromatic nitrogens is 1. The molecule has 1 aliphatic rings. The van der Waals surface area contributed by atoms with Crippen LogP contribution in [0, 0.1) is 6.92 Å². The highest BCUT2D eigenvalue weighted by molar-refractivity contribution is 7.16. The topological polar surface area (TPSA) is 54.5 Å². The summed E-state index contributed by atoms with van der Waals surface area (Å²) in [6.45, 7) is 5.84. The van der Waals surface area contributed by atoms with E-state index in [1.54, 1.807) is 27.6 Å². The van der Waals surface area contributed by atoms with Crippen LogP contribution in [0.3, 0.4) is 0 Å². The van der Waals surface area contributed by atoms with Gasteiger partial charge in [0, 0.05) is 29.4 Å².